The maximum atomic E-state index is 3.56. The molecule has 1 aromatic rings. The van der Waals surface area contributed by atoms with Gasteiger partial charge in [-0.25, -0.2) is 0 Å². The first-order chi connectivity index (χ1) is 6.09. The zero-order valence-electron chi connectivity index (χ0n) is 8.55. The molecule has 1 rings (SSSR count). The average molecular weight is 241 g/mol. The van der Waals surface area contributed by atoms with Crippen molar-refractivity contribution in [3.8, 4) is 0 Å². The van der Waals surface area contributed by atoms with E-state index in [4.69, 9.17) is 0 Å². The van der Waals surface area contributed by atoms with Crippen LogP contribution >= 0.6 is 15.9 Å². The lowest BCUT2D eigenvalue weighted by Crippen LogP contribution is -1.94. The minimum Gasteiger partial charge on any atom is -0.0842 e. The number of halogens is 1. The lowest BCUT2D eigenvalue weighted by molar-refractivity contribution is 0.647. The Morgan fingerprint density at radius 2 is 1.62 bits per heavy atom. The first-order valence-corrected chi connectivity index (χ1v) is 5.74. The van der Waals surface area contributed by atoms with Crippen LogP contribution in [0.2, 0.25) is 0 Å². The Balaban J connectivity index is 2.70. The summed E-state index contributed by atoms with van der Waals surface area (Å²) < 4.78 is 0. The predicted molar refractivity (Wildman–Crippen MR) is 62.3 cm³/mol. The lowest BCUT2D eigenvalue weighted by Gasteiger charge is -2.07. The van der Waals surface area contributed by atoms with Gasteiger partial charge >= 0.3 is 0 Å². The highest BCUT2D eigenvalue weighted by Crippen LogP contribution is 2.22. The first-order valence-electron chi connectivity index (χ1n) is 4.82. The van der Waals surface area contributed by atoms with Crippen molar-refractivity contribution in [2.24, 2.45) is 5.92 Å². The minimum atomic E-state index is 0.459. The van der Waals surface area contributed by atoms with E-state index in [1.807, 2.05) is 0 Å². The predicted octanol–water partition coefficient (Wildman–Crippen LogP) is 4.34. The fourth-order valence-corrected chi connectivity index (χ4v) is 1.70. The number of hydrogen-bond acceptors (Lipinski definition) is 0. The molecule has 0 N–H and O–H groups in total. The van der Waals surface area contributed by atoms with Crippen LogP contribution in [-0.4, -0.2) is 0 Å². The van der Waals surface area contributed by atoms with Gasteiger partial charge in [0.25, 0.3) is 0 Å². The molecule has 0 aromatic heterocycles. The van der Waals surface area contributed by atoms with Crippen LogP contribution in [0, 0.1) is 5.92 Å². The summed E-state index contributed by atoms with van der Waals surface area (Å²) >= 11 is 3.56. The Hall–Kier alpha value is -0.300. The van der Waals surface area contributed by atoms with E-state index in [9.17, 15) is 0 Å². The molecule has 1 atom stereocenters. The number of alkyl halides is 1. The van der Waals surface area contributed by atoms with Crippen molar-refractivity contribution in [1.82, 2.24) is 0 Å². The van der Waals surface area contributed by atoms with Gasteiger partial charge in [0.1, 0.15) is 0 Å². The summed E-state index contributed by atoms with van der Waals surface area (Å²) in [5, 5.41) is 0. The molecule has 1 heteroatoms. The highest BCUT2D eigenvalue weighted by molar-refractivity contribution is 9.09. The molecule has 0 radical (unpaired) electrons. The Morgan fingerprint density at radius 3 is 2.00 bits per heavy atom. The van der Waals surface area contributed by atoms with Gasteiger partial charge in [-0.3, -0.25) is 0 Å². The Bertz CT molecular complexity index is 246. The van der Waals surface area contributed by atoms with Crippen LogP contribution in [0.4, 0.5) is 0 Å². The second-order valence-electron chi connectivity index (χ2n) is 3.96. The SMILES string of the molecule is CC(C)Cc1ccc([C@@H](C)Br)cc1. The molecule has 0 bridgehead atoms. The summed E-state index contributed by atoms with van der Waals surface area (Å²) in [5.41, 5.74) is 2.79. The Labute approximate surface area is 89.5 Å². The highest BCUT2D eigenvalue weighted by Gasteiger charge is 2.01. The molecule has 0 aliphatic carbocycles. The van der Waals surface area contributed by atoms with Crippen LogP contribution in [-0.2, 0) is 6.42 Å². The van der Waals surface area contributed by atoms with E-state index in [0.29, 0.717) is 4.83 Å². The van der Waals surface area contributed by atoms with E-state index in [0.717, 1.165) is 5.92 Å². The first kappa shape index (κ1) is 10.8. The van der Waals surface area contributed by atoms with Gasteiger partial charge in [-0.1, -0.05) is 54.0 Å². The highest BCUT2D eigenvalue weighted by atomic mass is 79.9. The molecule has 0 aliphatic rings. The Kier molecular flexibility index (Phi) is 3.98. The standard InChI is InChI=1S/C12H17Br/c1-9(2)8-11-4-6-12(7-5-11)10(3)13/h4-7,9-10H,8H2,1-3H3/t10-/m1/s1. The van der Waals surface area contributed by atoms with Gasteiger partial charge in [0, 0.05) is 4.83 Å². The summed E-state index contributed by atoms with van der Waals surface area (Å²) in [4.78, 5) is 0.459. The second-order valence-corrected chi connectivity index (χ2v) is 5.33. The van der Waals surface area contributed by atoms with Crippen LogP contribution < -0.4 is 0 Å². The maximum absolute atomic E-state index is 3.56. The second kappa shape index (κ2) is 4.80. The van der Waals surface area contributed by atoms with Crippen LogP contribution in [0.15, 0.2) is 24.3 Å². The molecule has 1 aromatic carbocycles. The van der Waals surface area contributed by atoms with Crippen molar-refractivity contribution < 1.29 is 0 Å². The van der Waals surface area contributed by atoms with Gasteiger partial charge in [-0.2, -0.15) is 0 Å². The topological polar surface area (TPSA) is 0 Å². The lowest BCUT2D eigenvalue weighted by atomic mass is 10.0. The third kappa shape index (κ3) is 3.51. The van der Waals surface area contributed by atoms with Crippen LogP contribution in [0.1, 0.15) is 36.7 Å². The molecule has 0 aliphatic heterocycles. The van der Waals surface area contributed by atoms with Crippen molar-refractivity contribution in [2.45, 2.75) is 32.0 Å². The fourth-order valence-electron chi connectivity index (χ4n) is 1.39. The summed E-state index contributed by atoms with van der Waals surface area (Å²) in [6, 6.07) is 8.87. The monoisotopic (exact) mass is 240 g/mol. The molecule has 0 spiro atoms. The maximum Gasteiger partial charge on any atom is 0.0367 e. The van der Waals surface area contributed by atoms with Gasteiger partial charge in [0.15, 0.2) is 0 Å². The van der Waals surface area contributed by atoms with Crippen LogP contribution in [0.25, 0.3) is 0 Å². The quantitative estimate of drug-likeness (QED) is 0.690. The number of benzene rings is 1. The third-order valence-electron chi connectivity index (χ3n) is 2.08. The van der Waals surface area contributed by atoms with E-state index >= 15 is 0 Å². The molecule has 13 heavy (non-hydrogen) atoms. The van der Waals surface area contributed by atoms with E-state index < -0.39 is 0 Å². The van der Waals surface area contributed by atoms with E-state index in [-0.39, 0.29) is 0 Å². The van der Waals surface area contributed by atoms with Gasteiger partial charge in [-0.05, 0) is 30.4 Å². The molecule has 0 saturated heterocycles. The largest absolute Gasteiger partial charge is 0.0842 e. The molecule has 0 fully saturated rings. The van der Waals surface area contributed by atoms with Crippen molar-refractivity contribution >= 4 is 15.9 Å². The number of rotatable bonds is 3. The molecule has 0 saturated carbocycles. The van der Waals surface area contributed by atoms with E-state index in [1.54, 1.807) is 0 Å². The van der Waals surface area contributed by atoms with Crippen molar-refractivity contribution in [3.63, 3.8) is 0 Å². The molecular formula is C12H17Br. The van der Waals surface area contributed by atoms with Crippen molar-refractivity contribution in [2.75, 3.05) is 0 Å². The third-order valence-corrected chi connectivity index (χ3v) is 2.61. The molecule has 0 amide bonds. The fraction of sp³-hybridized carbons (Fsp3) is 0.500. The molecule has 72 valence electrons. The van der Waals surface area contributed by atoms with Crippen LogP contribution in [0.5, 0.6) is 0 Å². The van der Waals surface area contributed by atoms with Gasteiger partial charge in [0.05, 0.1) is 0 Å². The summed E-state index contributed by atoms with van der Waals surface area (Å²) in [7, 11) is 0. The van der Waals surface area contributed by atoms with Gasteiger partial charge < -0.3 is 0 Å². The van der Waals surface area contributed by atoms with E-state index in [1.165, 1.54) is 17.5 Å². The molecule has 0 heterocycles. The van der Waals surface area contributed by atoms with Gasteiger partial charge in [-0.15, -0.1) is 0 Å². The minimum absolute atomic E-state index is 0.459. The van der Waals surface area contributed by atoms with E-state index in [2.05, 4.69) is 61.0 Å². The average Bonchev–Trinajstić information content (AvgIpc) is 2.04. The Morgan fingerprint density at radius 1 is 1.08 bits per heavy atom. The molecule has 0 nitrogen and oxygen atoms in total. The molecule has 0 unspecified atom stereocenters. The zero-order chi connectivity index (χ0) is 9.84. The smallest absolute Gasteiger partial charge is 0.0367 e. The summed E-state index contributed by atoms with van der Waals surface area (Å²) in [6.07, 6.45) is 1.18. The van der Waals surface area contributed by atoms with Crippen molar-refractivity contribution in [3.05, 3.63) is 35.4 Å². The van der Waals surface area contributed by atoms with Crippen molar-refractivity contribution in [1.29, 1.82) is 0 Å². The summed E-state index contributed by atoms with van der Waals surface area (Å²) in [5.74, 6) is 0.743. The van der Waals surface area contributed by atoms with Gasteiger partial charge in [0.2, 0.25) is 0 Å². The zero-order valence-corrected chi connectivity index (χ0v) is 10.1. The molecular weight excluding hydrogens is 224 g/mol. The van der Waals surface area contributed by atoms with Crippen LogP contribution in [0.3, 0.4) is 0 Å². The summed E-state index contributed by atoms with van der Waals surface area (Å²) in [6.45, 7) is 6.65. The normalized spacial score (nSPS) is 13.3. The number of hydrogen-bond donors (Lipinski definition) is 0.